The summed E-state index contributed by atoms with van der Waals surface area (Å²) >= 11 is 12.6. The fraction of sp³-hybridized carbons (Fsp3) is 0.222. The monoisotopic (exact) mass is 387 g/mol. The third kappa shape index (κ3) is 3.35. The van der Waals surface area contributed by atoms with Gasteiger partial charge in [0.1, 0.15) is 12.2 Å². The predicted molar refractivity (Wildman–Crippen MR) is 100 cm³/mol. The molecule has 26 heavy (non-hydrogen) atoms. The Morgan fingerprint density at radius 2 is 1.88 bits per heavy atom. The maximum atomic E-state index is 12.4. The van der Waals surface area contributed by atoms with Gasteiger partial charge in [0.15, 0.2) is 0 Å². The number of halogens is 2. The Kier molecular flexibility index (Phi) is 4.72. The van der Waals surface area contributed by atoms with Crippen LogP contribution in [0.25, 0.3) is 11.4 Å². The molecule has 0 radical (unpaired) electrons. The Labute approximate surface area is 159 Å². The second kappa shape index (κ2) is 7.15. The average Bonchev–Trinajstić information content (AvgIpc) is 2.65. The van der Waals surface area contributed by atoms with E-state index in [1.54, 1.807) is 12.4 Å². The lowest BCUT2D eigenvalue weighted by molar-refractivity contribution is 0.240. The maximum Gasteiger partial charge on any atom is 0.254 e. The number of aromatic nitrogens is 4. The summed E-state index contributed by atoms with van der Waals surface area (Å²) in [5.41, 5.74) is 2.96. The van der Waals surface area contributed by atoms with E-state index in [-0.39, 0.29) is 5.56 Å². The molecule has 132 valence electrons. The number of benzene rings is 1. The van der Waals surface area contributed by atoms with Crippen LogP contribution in [0.1, 0.15) is 16.8 Å². The fourth-order valence-electron chi connectivity index (χ4n) is 3.09. The van der Waals surface area contributed by atoms with Crippen LogP contribution in [0.4, 0.5) is 0 Å². The maximum absolute atomic E-state index is 12.4. The molecule has 0 aliphatic carbocycles. The van der Waals surface area contributed by atoms with Crippen molar-refractivity contribution in [2.75, 3.05) is 6.54 Å². The largest absolute Gasteiger partial charge is 0.306 e. The molecule has 1 aliphatic rings. The van der Waals surface area contributed by atoms with Crippen molar-refractivity contribution in [3.8, 4) is 11.4 Å². The van der Waals surface area contributed by atoms with E-state index in [1.807, 2.05) is 18.2 Å². The number of fused-ring (bicyclic) bond motifs is 1. The topological polar surface area (TPSA) is 74.8 Å². The van der Waals surface area contributed by atoms with Crippen molar-refractivity contribution in [1.82, 2.24) is 24.8 Å². The molecule has 0 amide bonds. The van der Waals surface area contributed by atoms with Crippen LogP contribution in [0.2, 0.25) is 10.0 Å². The third-order valence-corrected chi connectivity index (χ3v) is 5.14. The minimum atomic E-state index is -0.107. The Hall–Kier alpha value is -2.28. The number of rotatable bonds is 3. The first-order chi connectivity index (χ1) is 12.6. The number of aromatic amines is 1. The fourth-order valence-corrected chi connectivity index (χ4v) is 3.61. The summed E-state index contributed by atoms with van der Waals surface area (Å²) in [6, 6.07) is 5.49. The van der Waals surface area contributed by atoms with Crippen LogP contribution >= 0.6 is 23.2 Å². The van der Waals surface area contributed by atoms with Gasteiger partial charge in [0.2, 0.25) is 0 Å². The molecule has 1 aliphatic heterocycles. The molecule has 0 bridgehead atoms. The van der Waals surface area contributed by atoms with Gasteiger partial charge in [0, 0.05) is 53.2 Å². The van der Waals surface area contributed by atoms with Crippen molar-refractivity contribution in [2.45, 2.75) is 19.5 Å². The van der Waals surface area contributed by atoms with E-state index in [0.29, 0.717) is 40.9 Å². The molecule has 0 unspecified atom stereocenters. The molecule has 6 nitrogen and oxygen atoms in total. The summed E-state index contributed by atoms with van der Waals surface area (Å²) in [4.78, 5) is 30.0. The van der Waals surface area contributed by atoms with Gasteiger partial charge in [-0.05, 0) is 18.6 Å². The molecule has 0 fully saturated rings. The van der Waals surface area contributed by atoms with Gasteiger partial charge in [0.05, 0.1) is 11.3 Å². The van der Waals surface area contributed by atoms with Crippen molar-refractivity contribution in [1.29, 1.82) is 0 Å². The normalized spacial score (nSPS) is 14.2. The molecule has 4 rings (SSSR count). The quantitative estimate of drug-likeness (QED) is 0.747. The van der Waals surface area contributed by atoms with Crippen molar-refractivity contribution in [2.24, 2.45) is 0 Å². The molecular formula is C18H15Cl2N5O. The molecule has 0 atom stereocenters. The van der Waals surface area contributed by atoms with Gasteiger partial charge in [-0.1, -0.05) is 29.3 Å². The van der Waals surface area contributed by atoms with Crippen molar-refractivity contribution in [3.63, 3.8) is 0 Å². The lowest BCUT2D eigenvalue weighted by Gasteiger charge is -2.28. The second-order valence-corrected chi connectivity index (χ2v) is 6.94. The molecule has 0 spiro atoms. The first kappa shape index (κ1) is 17.1. The van der Waals surface area contributed by atoms with Crippen LogP contribution in [0.3, 0.4) is 0 Å². The van der Waals surface area contributed by atoms with Crippen LogP contribution in [0.5, 0.6) is 0 Å². The highest BCUT2D eigenvalue weighted by atomic mass is 35.5. The average molecular weight is 388 g/mol. The molecule has 1 aromatic carbocycles. The minimum Gasteiger partial charge on any atom is -0.306 e. The molecule has 0 saturated heterocycles. The van der Waals surface area contributed by atoms with Gasteiger partial charge in [-0.25, -0.2) is 15.0 Å². The van der Waals surface area contributed by atoms with Crippen molar-refractivity contribution in [3.05, 3.63) is 74.1 Å². The van der Waals surface area contributed by atoms with E-state index in [2.05, 4.69) is 24.8 Å². The van der Waals surface area contributed by atoms with Crippen LogP contribution in [-0.2, 0) is 19.5 Å². The molecule has 1 N–H and O–H groups in total. The van der Waals surface area contributed by atoms with Gasteiger partial charge in [0.25, 0.3) is 5.56 Å². The van der Waals surface area contributed by atoms with Gasteiger partial charge in [-0.3, -0.25) is 9.69 Å². The van der Waals surface area contributed by atoms with Crippen LogP contribution in [-0.4, -0.2) is 31.4 Å². The van der Waals surface area contributed by atoms with Crippen LogP contribution in [0, 0.1) is 0 Å². The summed E-state index contributed by atoms with van der Waals surface area (Å²) in [5, 5.41) is 1.29. The lowest BCUT2D eigenvalue weighted by atomic mass is 10.1. The molecule has 8 heteroatoms. The SMILES string of the molecule is O=c1[nH]c(-c2cncnc2)nc2c1CCN(Cc1c(Cl)cccc1Cl)C2. The Bertz CT molecular complexity index is 986. The minimum absolute atomic E-state index is 0.107. The van der Waals surface area contributed by atoms with E-state index in [0.717, 1.165) is 23.4 Å². The molecule has 0 saturated carbocycles. The highest BCUT2D eigenvalue weighted by molar-refractivity contribution is 6.35. The number of hydrogen-bond acceptors (Lipinski definition) is 5. The van der Waals surface area contributed by atoms with Gasteiger partial charge >= 0.3 is 0 Å². The highest BCUT2D eigenvalue weighted by Crippen LogP contribution is 2.27. The van der Waals surface area contributed by atoms with E-state index in [4.69, 9.17) is 23.2 Å². The zero-order valence-electron chi connectivity index (χ0n) is 13.7. The first-order valence-corrected chi connectivity index (χ1v) is 8.90. The van der Waals surface area contributed by atoms with Crippen molar-refractivity contribution < 1.29 is 0 Å². The Balaban J connectivity index is 1.64. The molecule has 3 aromatic rings. The highest BCUT2D eigenvalue weighted by Gasteiger charge is 2.22. The van der Waals surface area contributed by atoms with Gasteiger partial charge in [-0.2, -0.15) is 0 Å². The molecule has 2 aromatic heterocycles. The van der Waals surface area contributed by atoms with E-state index >= 15 is 0 Å². The number of H-pyrrole nitrogens is 1. The lowest BCUT2D eigenvalue weighted by Crippen LogP contribution is -2.35. The first-order valence-electron chi connectivity index (χ1n) is 8.14. The summed E-state index contributed by atoms with van der Waals surface area (Å²) in [5.74, 6) is 0.479. The smallest absolute Gasteiger partial charge is 0.254 e. The van der Waals surface area contributed by atoms with E-state index in [9.17, 15) is 4.79 Å². The zero-order chi connectivity index (χ0) is 18.1. The number of hydrogen-bond donors (Lipinski definition) is 1. The zero-order valence-corrected chi connectivity index (χ0v) is 15.3. The Morgan fingerprint density at radius 3 is 2.62 bits per heavy atom. The van der Waals surface area contributed by atoms with Crippen molar-refractivity contribution >= 4 is 23.2 Å². The summed E-state index contributed by atoms with van der Waals surface area (Å²) in [6.45, 7) is 1.91. The van der Waals surface area contributed by atoms with E-state index < -0.39 is 0 Å². The van der Waals surface area contributed by atoms with Gasteiger partial charge < -0.3 is 4.98 Å². The molecular weight excluding hydrogens is 373 g/mol. The van der Waals surface area contributed by atoms with E-state index in [1.165, 1.54) is 6.33 Å². The Morgan fingerprint density at radius 1 is 1.15 bits per heavy atom. The molecule has 3 heterocycles. The summed E-state index contributed by atoms with van der Waals surface area (Å²) in [6.07, 6.45) is 5.32. The standard InChI is InChI=1S/C18H15Cl2N5O/c19-14-2-1-3-15(20)13(14)8-25-5-4-12-16(9-25)23-17(24-18(12)26)11-6-21-10-22-7-11/h1-3,6-7,10H,4-5,8-9H2,(H,23,24,26). The van der Waals surface area contributed by atoms with Crippen LogP contribution < -0.4 is 5.56 Å². The predicted octanol–water partition coefficient (Wildman–Crippen LogP) is 3.09. The number of nitrogens with zero attached hydrogens (tertiary/aromatic N) is 4. The third-order valence-electron chi connectivity index (χ3n) is 4.43. The summed E-state index contributed by atoms with van der Waals surface area (Å²) < 4.78 is 0. The second-order valence-electron chi connectivity index (χ2n) is 6.13. The summed E-state index contributed by atoms with van der Waals surface area (Å²) in [7, 11) is 0. The number of nitrogens with one attached hydrogen (secondary N) is 1. The van der Waals surface area contributed by atoms with Gasteiger partial charge in [-0.15, -0.1) is 0 Å². The van der Waals surface area contributed by atoms with Crippen LogP contribution in [0.15, 0.2) is 41.7 Å².